The molecule has 3 aliphatic rings. The van der Waals surface area contributed by atoms with Gasteiger partial charge in [-0.2, -0.15) is 11.8 Å². The first-order chi connectivity index (χ1) is 25.0. The molecule has 3 saturated heterocycles. The van der Waals surface area contributed by atoms with Crippen LogP contribution in [-0.4, -0.2) is 141 Å². The van der Waals surface area contributed by atoms with Crippen LogP contribution in [0.15, 0.2) is 0 Å². The lowest BCUT2D eigenvalue weighted by Gasteiger charge is -2.35. The Labute approximate surface area is 320 Å². The van der Waals surface area contributed by atoms with Crippen LogP contribution in [0.5, 0.6) is 0 Å². The van der Waals surface area contributed by atoms with Crippen molar-refractivity contribution in [2.24, 2.45) is 0 Å². The molecule has 2 bridgehead atoms. The number of hydrogen-bond donors (Lipinski definition) is 6. The van der Waals surface area contributed by atoms with Crippen molar-refractivity contribution in [2.45, 2.75) is 154 Å². The Kier molecular flexibility index (Phi) is 14.9. The lowest BCUT2D eigenvalue weighted by atomic mass is 10.1. The van der Waals surface area contributed by atoms with Gasteiger partial charge in [-0.3, -0.25) is 38.4 Å². The predicted molar refractivity (Wildman–Crippen MR) is 197 cm³/mol. The fraction of sp³-hybridized carbons (Fsp3) is 0.743. The number of rotatable bonds is 13. The Hall–Kier alpha value is -4.42. The maximum Gasteiger partial charge on any atom is 0.328 e. The van der Waals surface area contributed by atoms with Gasteiger partial charge in [0.1, 0.15) is 53.9 Å². The molecule has 3 rings (SSSR count). The monoisotopic (exact) mass is 780 g/mol. The topological polar surface area (TPSA) is 242 Å². The van der Waals surface area contributed by atoms with Crippen LogP contribution >= 0.6 is 11.8 Å². The average molecular weight is 781 g/mol. The largest absolute Gasteiger partial charge is 0.458 e. The second kappa shape index (κ2) is 18.3. The fourth-order valence-electron chi connectivity index (χ4n) is 6.34. The fourth-order valence-corrected chi connectivity index (χ4v) is 7.74. The van der Waals surface area contributed by atoms with Crippen molar-refractivity contribution in [3.05, 3.63) is 0 Å². The molecule has 302 valence electrons. The molecular formula is C35H56N8O10S. The Bertz CT molecular complexity index is 1500. The zero-order chi connectivity index (χ0) is 40.8. The summed E-state index contributed by atoms with van der Waals surface area (Å²) in [6.07, 6.45) is 1.57. The number of nitrogens with one attached hydrogen (secondary N) is 6. The molecule has 6 N–H and O–H groups in total. The van der Waals surface area contributed by atoms with E-state index in [1.165, 1.54) is 48.5 Å². The minimum atomic E-state index is -1.13. The number of likely N-dealkylation sites (tertiary alicyclic amines) is 1. The van der Waals surface area contributed by atoms with Crippen LogP contribution in [0.3, 0.4) is 0 Å². The first-order valence-electron chi connectivity index (χ1n) is 18.3. The summed E-state index contributed by atoms with van der Waals surface area (Å²) >= 11 is 1.71. The zero-order valence-electron chi connectivity index (χ0n) is 32.7. The van der Waals surface area contributed by atoms with E-state index in [4.69, 9.17) is 4.74 Å². The Morgan fingerprint density at radius 3 is 1.54 bits per heavy atom. The third-order valence-electron chi connectivity index (χ3n) is 9.42. The molecular weight excluding hydrogens is 724 g/mol. The number of thioether (sulfide) groups is 1. The van der Waals surface area contributed by atoms with Crippen LogP contribution in [0, 0.1) is 0 Å². The number of carbonyl (C=O) groups is 9. The highest BCUT2D eigenvalue weighted by atomic mass is 32.2. The highest BCUT2D eigenvalue weighted by molar-refractivity contribution is 8.00. The number of hydrogen-bond acceptors (Lipinski definition) is 11. The first kappa shape index (κ1) is 44.0. The summed E-state index contributed by atoms with van der Waals surface area (Å²) in [6.45, 7) is 15.5. The molecule has 0 aromatic heterocycles. The normalized spacial score (nSPS) is 24.1. The van der Waals surface area contributed by atoms with Crippen molar-refractivity contribution in [3.8, 4) is 0 Å². The minimum absolute atomic E-state index is 0.156. The quantitative estimate of drug-likeness (QED) is 0.117. The van der Waals surface area contributed by atoms with Gasteiger partial charge in [-0.15, -0.1) is 0 Å². The number of carbonyl (C=O) groups excluding carboxylic acids is 9. The summed E-state index contributed by atoms with van der Waals surface area (Å²) in [5.41, 5.74) is -0.747. The summed E-state index contributed by atoms with van der Waals surface area (Å²) in [6, 6.07) is -8.03. The molecule has 0 aliphatic carbocycles. The minimum Gasteiger partial charge on any atom is -0.458 e. The molecule has 19 heteroatoms. The van der Waals surface area contributed by atoms with Crippen LogP contribution in [0.25, 0.3) is 0 Å². The second-order valence-electron chi connectivity index (χ2n) is 15.3. The maximum absolute atomic E-state index is 13.6. The van der Waals surface area contributed by atoms with Gasteiger partial charge >= 0.3 is 5.97 Å². The van der Waals surface area contributed by atoms with E-state index in [0.717, 1.165) is 0 Å². The van der Waals surface area contributed by atoms with Crippen LogP contribution in [0.1, 0.15) is 88.5 Å². The van der Waals surface area contributed by atoms with Gasteiger partial charge in [0.15, 0.2) is 0 Å². The van der Waals surface area contributed by atoms with Crippen molar-refractivity contribution < 1.29 is 47.9 Å². The Morgan fingerprint density at radius 2 is 1.11 bits per heavy atom. The van der Waals surface area contributed by atoms with E-state index in [1.807, 2.05) is 0 Å². The maximum atomic E-state index is 13.6. The average Bonchev–Trinajstić information content (AvgIpc) is 3.70. The summed E-state index contributed by atoms with van der Waals surface area (Å²) in [4.78, 5) is 118. The van der Waals surface area contributed by atoms with Crippen molar-refractivity contribution in [1.82, 2.24) is 41.7 Å². The summed E-state index contributed by atoms with van der Waals surface area (Å²) in [5.74, 6) is -4.37. The van der Waals surface area contributed by atoms with Gasteiger partial charge in [0.05, 0.1) is 0 Å². The van der Waals surface area contributed by atoms with Gasteiger partial charge in [0.2, 0.25) is 47.3 Å². The van der Waals surface area contributed by atoms with Crippen LogP contribution in [0.4, 0.5) is 0 Å². The molecule has 0 spiro atoms. The molecule has 8 amide bonds. The highest BCUT2D eigenvalue weighted by Crippen LogP contribution is 2.38. The molecule has 0 unspecified atom stereocenters. The van der Waals surface area contributed by atoms with Crippen molar-refractivity contribution >= 4 is 65.0 Å². The van der Waals surface area contributed by atoms with E-state index in [1.54, 1.807) is 42.3 Å². The number of nitrogens with zero attached hydrogens (tertiary/aromatic N) is 2. The molecule has 0 aromatic rings. The van der Waals surface area contributed by atoms with Crippen molar-refractivity contribution in [2.75, 3.05) is 12.3 Å². The van der Waals surface area contributed by atoms with Crippen LogP contribution in [-0.2, 0) is 47.9 Å². The molecule has 10 atom stereocenters. The van der Waals surface area contributed by atoms with Gasteiger partial charge in [-0.1, -0.05) is 0 Å². The van der Waals surface area contributed by atoms with Gasteiger partial charge in [0, 0.05) is 30.5 Å². The zero-order valence-corrected chi connectivity index (χ0v) is 33.5. The SMILES string of the molecule is CC(=O)N1C[C@@H]2C[C@H]1C(=O)N1[C@@H](CC[C@H]1C(=O)N[C@@H](C)C(=O)N[C@@H](C)C(=O)N[C@@H](C)C(=O)N[C@@H](C)C(=O)N[C@@H](C)C(=O)N[C@@H](C)C(=O)OC(C)(C)C)CS2. The molecule has 0 aromatic carbocycles. The summed E-state index contributed by atoms with van der Waals surface area (Å²) < 4.78 is 5.23. The van der Waals surface area contributed by atoms with Crippen LogP contribution in [0.2, 0.25) is 0 Å². The Balaban J connectivity index is 1.45. The molecule has 3 fully saturated rings. The number of ether oxygens (including phenoxy) is 1. The standard InChI is InChI=1S/C35H56N8O10S/c1-16(27(45)37-17(2)29(47)39-19(4)31(49)41-21(6)34(52)53-35(8,9)10)36-28(46)18(3)38-30(48)20(5)40-32(50)25-12-11-23-15-54-24-13-26(33(51)43(23)25)42(14-24)22(7)44/h16-21,23-26H,11-15H2,1-10H3,(H,36,46)(H,37,45)(H,38,48)(H,39,47)(H,40,50)(H,41,49)/t16-,17-,18-,19-,20-,21-,23-,24-,25-,26-/m0/s1. The van der Waals surface area contributed by atoms with Gasteiger partial charge in [-0.05, 0) is 81.6 Å². The van der Waals surface area contributed by atoms with E-state index in [9.17, 15) is 43.2 Å². The number of esters is 1. The van der Waals surface area contributed by atoms with E-state index in [2.05, 4.69) is 31.9 Å². The molecule has 0 radical (unpaired) electrons. The smallest absolute Gasteiger partial charge is 0.328 e. The molecule has 0 saturated carbocycles. The van der Waals surface area contributed by atoms with Gasteiger partial charge < -0.3 is 46.4 Å². The number of fused-ring (bicyclic) bond motifs is 3. The lowest BCUT2D eigenvalue weighted by Crippen LogP contribution is -2.59. The predicted octanol–water partition coefficient (Wildman–Crippen LogP) is -1.55. The van der Waals surface area contributed by atoms with Crippen LogP contribution < -0.4 is 31.9 Å². The first-order valence-corrected chi connectivity index (χ1v) is 19.3. The van der Waals surface area contributed by atoms with E-state index < -0.39 is 95.3 Å². The molecule has 54 heavy (non-hydrogen) atoms. The number of amides is 8. The van der Waals surface area contributed by atoms with Crippen molar-refractivity contribution in [1.29, 1.82) is 0 Å². The third-order valence-corrected chi connectivity index (χ3v) is 10.8. The van der Waals surface area contributed by atoms with Crippen molar-refractivity contribution in [3.63, 3.8) is 0 Å². The lowest BCUT2D eigenvalue weighted by molar-refractivity contribution is -0.158. The van der Waals surface area contributed by atoms with E-state index in [-0.39, 0.29) is 23.1 Å². The molecule has 3 heterocycles. The van der Waals surface area contributed by atoms with E-state index >= 15 is 0 Å². The van der Waals surface area contributed by atoms with E-state index in [0.29, 0.717) is 31.6 Å². The molecule has 3 aliphatic heterocycles. The second-order valence-corrected chi connectivity index (χ2v) is 16.6. The highest BCUT2D eigenvalue weighted by Gasteiger charge is 2.50. The summed E-state index contributed by atoms with van der Waals surface area (Å²) in [5, 5.41) is 15.2. The summed E-state index contributed by atoms with van der Waals surface area (Å²) in [7, 11) is 0. The van der Waals surface area contributed by atoms with Gasteiger partial charge in [-0.25, -0.2) is 4.79 Å². The van der Waals surface area contributed by atoms with Gasteiger partial charge in [0.25, 0.3) is 0 Å². The molecule has 18 nitrogen and oxygen atoms in total. The Morgan fingerprint density at radius 1 is 0.685 bits per heavy atom. The third kappa shape index (κ3) is 11.5.